The summed E-state index contributed by atoms with van der Waals surface area (Å²) in [5, 5.41) is 10.9. The van der Waals surface area contributed by atoms with E-state index in [1.165, 1.54) is 44.9 Å². The van der Waals surface area contributed by atoms with Crippen molar-refractivity contribution in [2.45, 2.75) is 81.6 Å². The van der Waals surface area contributed by atoms with Gasteiger partial charge in [0.2, 0.25) is 0 Å². The van der Waals surface area contributed by atoms with E-state index in [1.54, 1.807) is 0 Å². The lowest BCUT2D eigenvalue weighted by molar-refractivity contribution is -0.163. The number of fused-ring (bicyclic) bond motifs is 2. The largest absolute Gasteiger partial charge is 0.393 e. The number of nitrogens with zero attached hydrogens (tertiary/aromatic N) is 1. The normalized spacial score (nSPS) is 45.3. The fourth-order valence-electron chi connectivity index (χ4n) is 5.39. The van der Waals surface area contributed by atoms with Gasteiger partial charge in [-0.15, -0.1) is 0 Å². The van der Waals surface area contributed by atoms with E-state index in [2.05, 4.69) is 11.9 Å². The third-order valence-electron chi connectivity index (χ3n) is 6.90. The number of piperidine rings is 1. The molecule has 3 saturated heterocycles. The van der Waals surface area contributed by atoms with Gasteiger partial charge in [0.05, 0.1) is 11.7 Å². The van der Waals surface area contributed by atoms with Crippen LogP contribution in [0.25, 0.3) is 0 Å². The number of aliphatic hydroxyl groups excluding tert-OH is 1. The molecule has 1 spiro atoms. The molecule has 4 aliphatic rings. The van der Waals surface area contributed by atoms with Crippen LogP contribution in [0.4, 0.5) is 0 Å². The fraction of sp³-hybridized carbons (Fsp3) is 1.00. The van der Waals surface area contributed by atoms with Gasteiger partial charge >= 0.3 is 0 Å². The van der Waals surface area contributed by atoms with Gasteiger partial charge in [-0.3, -0.25) is 0 Å². The molecule has 0 aromatic carbocycles. The molecule has 1 N–H and O–H groups in total. The minimum atomic E-state index is -0.0758. The van der Waals surface area contributed by atoms with Gasteiger partial charge in [0.1, 0.15) is 0 Å². The monoisotopic (exact) mass is 279 g/mol. The Bertz CT molecular complexity index is 352. The van der Waals surface area contributed by atoms with Crippen molar-refractivity contribution in [3.05, 3.63) is 0 Å². The van der Waals surface area contributed by atoms with Crippen LogP contribution in [0, 0.1) is 11.8 Å². The van der Waals surface area contributed by atoms with E-state index in [1.807, 2.05) is 0 Å². The fourth-order valence-corrected chi connectivity index (χ4v) is 5.39. The Hall–Kier alpha value is -0.120. The molecule has 4 unspecified atom stereocenters. The van der Waals surface area contributed by atoms with E-state index >= 15 is 0 Å². The average molecular weight is 279 g/mol. The van der Waals surface area contributed by atoms with Crippen LogP contribution in [0.2, 0.25) is 0 Å². The summed E-state index contributed by atoms with van der Waals surface area (Å²) in [5.41, 5.74) is 0.175. The zero-order valence-electron chi connectivity index (χ0n) is 12.8. The Labute approximate surface area is 122 Å². The van der Waals surface area contributed by atoms with Crippen molar-refractivity contribution in [2.75, 3.05) is 13.7 Å². The molecule has 1 saturated carbocycles. The summed E-state index contributed by atoms with van der Waals surface area (Å²) in [6.07, 6.45) is 11.0. The highest BCUT2D eigenvalue weighted by molar-refractivity contribution is 5.00. The summed E-state index contributed by atoms with van der Waals surface area (Å²) in [4.78, 5) is 2.57. The summed E-state index contributed by atoms with van der Waals surface area (Å²) in [7, 11) is 2.28. The van der Waals surface area contributed by atoms with Crippen LogP contribution in [0.3, 0.4) is 0 Å². The summed E-state index contributed by atoms with van der Waals surface area (Å²) >= 11 is 0. The molecule has 3 nitrogen and oxygen atoms in total. The number of hydrogen-bond donors (Lipinski definition) is 1. The summed E-state index contributed by atoms with van der Waals surface area (Å²) < 4.78 is 6.02. The van der Waals surface area contributed by atoms with Gasteiger partial charge < -0.3 is 14.7 Å². The molecule has 0 aromatic rings. The first-order chi connectivity index (χ1) is 9.67. The molecule has 3 heterocycles. The Kier molecular flexibility index (Phi) is 3.36. The highest BCUT2D eigenvalue weighted by atomic mass is 16.5. The lowest BCUT2D eigenvalue weighted by atomic mass is 9.68. The highest BCUT2D eigenvalue weighted by Gasteiger charge is 2.47. The number of ether oxygens (including phenoxy) is 1. The van der Waals surface area contributed by atoms with Crippen molar-refractivity contribution in [2.24, 2.45) is 11.8 Å². The van der Waals surface area contributed by atoms with Crippen molar-refractivity contribution in [1.29, 1.82) is 0 Å². The minimum Gasteiger partial charge on any atom is -0.393 e. The maximum atomic E-state index is 10.9. The topological polar surface area (TPSA) is 32.7 Å². The Morgan fingerprint density at radius 3 is 2.40 bits per heavy atom. The number of aliphatic hydroxyl groups is 1. The molecule has 4 fully saturated rings. The Morgan fingerprint density at radius 2 is 1.80 bits per heavy atom. The van der Waals surface area contributed by atoms with E-state index in [0.29, 0.717) is 11.8 Å². The predicted molar refractivity (Wildman–Crippen MR) is 78.6 cm³/mol. The second-order valence-electron chi connectivity index (χ2n) is 7.91. The minimum absolute atomic E-state index is 0.0758. The van der Waals surface area contributed by atoms with E-state index in [9.17, 15) is 5.11 Å². The summed E-state index contributed by atoms with van der Waals surface area (Å²) in [6.45, 7) is 0.876. The van der Waals surface area contributed by atoms with Gasteiger partial charge in [-0.25, -0.2) is 0 Å². The third-order valence-corrected chi connectivity index (χ3v) is 6.90. The van der Waals surface area contributed by atoms with Crippen LogP contribution < -0.4 is 0 Å². The molecule has 20 heavy (non-hydrogen) atoms. The Morgan fingerprint density at radius 1 is 1.10 bits per heavy atom. The molecular weight excluding hydrogens is 250 g/mol. The standard InChI is InChI=1S/C17H29NO2/c1-18-14-3-4-15(18)10-13(9-14)16(19)12-5-8-20-17(11-12)6-2-7-17/h12-16,19H,2-11H2,1H3. The third kappa shape index (κ3) is 2.13. The molecule has 1 aliphatic carbocycles. The zero-order valence-corrected chi connectivity index (χ0v) is 12.8. The molecule has 0 radical (unpaired) electrons. The maximum absolute atomic E-state index is 10.9. The van der Waals surface area contributed by atoms with Crippen molar-refractivity contribution in [3.8, 4) is 0 Å². The quantitative estimate of drug-likeness (QED) is 0.843. The lowest BCUT2D eigenvalue weighted by Crippen LogP contribution is -2.50. The molecular formula is C17H29NO2. The molecule has 4 atom stereocenters. The van der Waals surface area contributed by atoms with E-state index < -0.39 is 0 Å². The van der Waals surface area contributed by atoms with Crippen molar-refractivity contribution < 1.29 is 9.84 Å². The Balaban J connectivity index is 1.41. The van der Waals surface area contributed by atoms with E-state index in [-0.39, 0.29) is 11.7 Å². The van der Waals surface area contributed by atoms with Crippen LogP contribution in [-0.2, 0) is 4.74 Å². The van der Waals surface area contributed by atoms with Crippen LogP contribution in [0.15, 0.2) is 0 Å². The molecule has 3 aliphatic heterocycles. The second-order valence-corrected chi connectivity index (χ2v) is 7.91. The molecule has 114 valence electrons. The molecule has 0 amide bonds. The average Bonchev–Trinajstić information content (AvgIpc) is 2.67. The van der Waals surface area contributed by atoms with Crippen LogP contribution in [0.1, 0.15) is 57.8 Å². The van der Waals surface area contributed by atoms with E-state index in [0.717, 1.165) is 31.5 Å². The van der Waals surface area contributed by atoms with Crippen molar-refractivity contribution in [3.63, 3.8) is 0 Å². The van der Waals surface area contributed by atoms with Gasteiger partial charge in [0, 0.05) is 18.7 Å². The summed E-state index contributed by atoms with van der Waals surface area (Å²) in [6, 6.07) is 1.48. The first-order valence-electron chi connectivity index (χ1n) is 8.71. The smallest absolute Gasteiger partial charge is 0.0686 e. The number of hydrogen-bond acceptors (Lipinski definition) is 3. The van der Waals surface area contributed by atoms with Crippen LogP contribution in [-0.4, -0.2) is 47.4 Å². The van der Waals surface area contributed by atoms with Gasteiger partial charge in [-0.05, 0) is 76.7 Å². The molecule has 2 bridgehead atoms. The molecule has 3 heteroatoms. The van der Waals surface area contributed by atoms with E-state index in [4.69, 9.17) is 4.74 Å². The van der Waals surface area contributed by atoms with Crippen LogP contribution >= 0.6 is 0 Å². The zero-order chi connectivity index (χ0) is 13.7. The predicted octanol–water partition coefficient (Wildman–Crippen LogP) is 2.57. The van der Waals surface area contributed by atoms with Crippen molar-refractivity contribution >= 4 is 0 Å². The van der Waals surface area contributed by atoms with Crippen LogP contribution in [0.5, 0.6) is 0 Å². The summed E-state index contributed by atoms with van der Waals surface area (Å²) in [5.74, 6) is 1.04. The number of rotatable bonds is 2. The maximum Gasteiger partial charge on any atom is 0.0686 e. The van der Waals surface area contributed by atoms with Gasteiger partial charge in [-0.1, -0.05) is 0 Å². The second kappa shape index (κ2) is 4.96. The molecule has 4 rings (SSSR count). The van der Waals surface area contributed by atoms with Gasteiger partial charge in [-0.2, -0.15) is 0 Å². The first-order valence-corrected chi connectivity index (χ1v) is 8.71. The molecule has 0 aromatic heterocycles. The van der Waals surface area contributed by atoms with Gasteiger partial charge in [0.25, 0.3) is 0 Å². The first kappa shape index (κ1) is 13.5. The van der Waals surface area contributed by atoms with Gasteiger partial charge in [0.15, 0.2) is 0 Å². The SMILES string of the molecule is CN1C2CCC1CC(C(O)C1CCOC3(CCC3)C1)C2. The lowest BCUT2D eigenvalue weighted by Gasteiger charge is -2.49. The van der Waals surface area contributed by atoms with Crippen molar-refractivity contribution in [1.82, 2.24) is 4.90 Å². The highest BCUT2D eigenvalue weighted by Crippen LogP contribution is 2.47.